The molecule has 0 amide bonds. The molecule has 0 radical (unpaired) electrons. The molecule has 0 saturated carbocycles. The van der Waals surface area contributed by atoms with Crippen molar-refractivity contribution >= 4 is 21.6 Å². The van der Waals surface area contributed by atoms with E-state index in [0.29, 0.717) is 5.69 Å². The maximum Gasteiger partial charge on any atom is 0.150 e. The second kappa shape index (κ2) is 7.13. The van der Waals surface area contributed by atoms with Crippen LogP contribution in [0.25, 0.3) is 0 Å². The molecule has 120 valence electrons. The van der Waals surface area contributed by atoms with Gasteiger partial charge in [-0.2, -0.15) is 16.9 Å². The molecule has 1 aliphatic rings. The van der Waals surface area contributed by atoms with Crippen LogP contribution in [0.5, 0.6) is 0 Å². The Balaban J connectivity index is 1.98. The fourth-order valence-electron chi connectivity index (χ4n) is 2.50. The Morgan fingerprint density at radius 2 is 2.24 bits per heavy atom. The summed E-state index contributed by atoms with van der Waals surface area (Å²) in [4.78, 5) is 2.37. The summed E-state index contributed by atoms with van der Waals surface area (Å²) in [6.07, 6.45) is 3.36. The number of aliphatic hydroxyl groups is 1. The smallest absolute Gasteiger partial charge is 0.150 e. The van der Waals surface area contributed by atoms with Crippen LogP contribution in [-0.2, 0) is 22.9 Å². The molecule has 21 heavy (non-hydrogen) atoms. The number of nitrogens with zero attached hydrogens (tertiary/aromatic N) is 3. The van der Waals surface area contributed by atoms with E-state index in [1.54, 1.807) is 0 Å². The lowest BCUT2D eigenvalue weighted by atomic mass is 10.2. The van der Waals surface area contributed by atoms with E-state index in [1.807, 2.05) is 22.5 Å². The van der Waals surface area contributed by atoms with Crippen molar-refractivity contribution < 1.29 is 13.5 Å². The van der Waals surface area contributed by atoms with Gasteiger partial charge < -0.3 is 5.11 Å². The van der Waals surface area contributed by atoms with E-state index in [-0.39, 0.29) is 5.75 Å². The van der Waals surface area contributed by atoms with Crippen LogP contribution < -0.4 is 0 Å². The van der Waals surface area contributed by atoms with Gasteiger partial charge in [0.2, 0.25) is 0 Å². The minimum Gasteiger partial charge on any atom is -0.386 e. The van der Waals surface area contributed by atoms with E-state index in [1.165, 1.54) is 6.42 Å². The predicted octanol–water partition coefficient (Wildman–Crippen LogP) is 0.530. The third-order valence-electron chi connectivity index (χ3n) is 3.52. The number of hydrogen-bond donors (Lipinski definition) is 1. The molecule has 0 saturated heterocycles. The summed E-state index contributed by atoms with van der Waals surface area (Å²) in [6, 6.07) is 1.83. The number of thioether (sulfide) groups is 1. The molecule has 2 heterocycles. The van der Waals surface area contributed by atoms with E-state index in [4.69, 9.17) is 0 Å². The van der Waals surface area contributed by atoms with Gasteiger partial charge >= 0.3 is 0 Å². The van der Waals surface area contributed by atoms with Crippen LogP contribution in [0.2, 0.25) is 0 Å². The van der Waals surface area contributed by atoms with Crippen molar-refractivity contribution in [3.05, 3.63) is 17.5 Å². The van der Waals surface area contributed by atoms with E-state index >= 15 is 0 Å². The SMILES string of the molecule is CSCCCN1CCn2nc([C@H](O)CS(C)(=O)=O)cc2C1. The van der Waals surface area contributed by atoms with Crippen LogP contribution in [-0.4, -0.2) is 65.3 Å². The van der Waals surface area contributed by atoms with Crippen molar-refractivity contribution in [2.24, 2.45) is 0 Å². The molecular weight excluding hydrogens is 310 g/mol. The van der Waals surface area contributed by atoms with Gasteiger partial charge in [0.15, 0.2) is 0 Å². The zero-order valence-corrected chi connectivity index (χ0v) is 14.2. The van der Waals surface area contributed by atoms with Crippen LogP contribution in [0, 0.1) is 0 Å². The van der Waals surface area contributed by atoms with Gasteiger partial charge in [0.05, 0.1) is 23.7 Å². The largest absolute Gasteiger partial charge is 0.386 e. The summed E-state index contributed by atoms with van der Waals surface area (Å²) in [6.45, 7) is 3.62. The van der Waals surface area contributed by atoms with Crippen LogP contribution >= 0.6 is 11.8 Å². The maximum atomic E-state index is 11.3. The lowest BCUT2D eigenvalue weighted by Crippen LogP contribution is -2.34. The van der Waals surface area contributed by atoms with Gasteiger partial charge in [0, 0.05) is 19.3 Å². The molecular formula is C13H23N3O3S2. The molecule has 0 spiro atoms. The third kappa shape index (κ3) is 4.98. The number of sulfone groups is 1. The summed E-state index contributed by atoms with van der Waals surface area (Å²) >= 11 is 1.85. The van der Waals surface area contributed by atoms with Crippen molar-refractivity contribution in [3.63, 3.8) is 0 Å². The first-order valence-electron chi connectivity index (χ1n) is 7.03. The molecule has 1 N–H and O–H groups in total. The van der Waals surface area contributed by atoms with Crippen molar-refractivity contribution in [3.8, 4) is 0 Å². The fourth-order valence-corrected chi connectivity index (χ4v) is 3.66. The average molecular weight is 333 g/mol. The van der Waals surface area contributed by atoms with Crippen LogP contribution in [0.15, 0.2) is 6.07 Å². The van der Waals surface area contributed by atoms with Crippen LogP contribution in [0.4, 0.5) is 0 Å². The fraction of sp³-hybridized carbons (Fsp3) is 0.769. The summed E-state index contributed by atoms with van der Waals surface area (Å²) in [7, 11) is -3.21. The van der Waals surface area contributed by atoms with E-state index in [0.717, 1.165) is 43.9 Å². The first-order chi connectivity index (χ1) is 9.89. The van der Waals surface area contributed by atoms with Gasteiger partial charge in [0.1, 0.15) is 15.9 Å². The number of aromatic nitrogens is 2. The Labute approximate surface area is 130 Å². The second-order valence-corrected chi connectivity index (χ2v) is 8.68. The monoisotopic (exact) mass is 333 g/mol. The van der Waals surface area contributed by atoms with Crippen molar-refractivity contribution in [2.45, 2.75) is 25.6 Å². The maximum absolute atomic E-state index is 11.3. The van der Waals surface area contributed by atoms with Crippen molar-refractivity contribution in [2.75, 3.05) is 37.1 Å². The molecule has 0 aromatic carbocycles. The Morgan fingerprint density at radius 3 is 2.90 bits per heavy atom. The molecule has 8 heteroatoms. The molecule has 1 atom stereocenters. The Kier molecular flexibility index (Phi) is 5.70. The number of hydrogen-bond acceptors (Lipinski definition) is 6. The van der Waals surface area contributed by atoms with Gasteiger partial charge in [-0.3, -0.25) is 9.58 Å². The number of fused-ring (bicyclic) bond motifs is 1. The summed E-state index contributed by atoms with van der Waals surface area (Å²) in [5.41, 5.74) is 1.51. The predicted molar refractivity (Wildman–Crippen MR) is 85.2 cm³/mol. The van der Waals surface area contributed by atoms with Crippen LogP contribution in [0.3, 0.4) is 0 Å². The molecule has 6 nitrogen and oxygen atoms in total. The van der Waals surface area contributed by atoms with Gasteiger partial charge in [-0.05, 0) is 31.0 Å². The number of aliphatic hydroxyl groups excluding tert-OH is 1. The Hall–Kier alpha value is -0.570. The zero-order valence-electron chi connectivity index (χ0n) is 12.5. The molecule has 0 aliphatic carbocycles. The normalized spacial score (nSPS) is 17.7. The van der Waals surface area contributed by atoms with E-state index in [9.17, 15) is 13.5 Å². The highest BCUT2D eigenvalue weighted by Gasteiger charge is 2.22. The molecule has 0 bridgehead atoms. The molecule has 0 unspecified atom stereocenters. The Morgan fingerprint density at radius 1 is 1.48 bits per heavy atom. The first-order valence-corrected chi connectivity index (χ1v) is 10.5. The van der Waals surface area contributed by atoms with Crippen LogP contribution in [0.1, 0.15) is 23.9 Å². The Bertz CT molecular complexity index is 571. The second-order valence-electron chi connectivity index (χ2n) is 5.51. The number of rotatable bonds is 7. The van der Waals surface area contributed by atoms with Gasteiger partial charge in [-0.25, -0.2) is 8.42 Å². The van der Waals surface area contributed by atoms with Gasteiger partial charge in [0.25, 0.3) is 0 Å². The average Bonchev–Trinajstić information content (AvgIpc) is 2.80. The molecule has 1 aliphatic heterocycles. The molecule has 2 rings (SSSR count). The highest BCUT2D eigenvalue weighted by Crippen LogP contribution is 2.19. The third-order valence-corrected chi connectivity index (χ3v) is 5.14. The first kappa shape index (κ1) is 16.8. The van der Waals surface area contributed by atoms with Gasteiger partial charge in [-0.15, -0.1) is 0 Å². The highest BCUT2D eigenvalue weighted by atomic mass is 32.2. The highest BCUT2D eigenvalue weighted by molar-refractivity contribution is 7.98. The van der Waals surface area contributed by atoms with E-state index < -0.39 is 15.9 Å². The lowest BCUT2D eigenvalue weighted by molar-refractivity contribution is 0.193. The molecule has 0 fully saturated rings. The summed E-state index contributed by atoms with van der Waals surface area (Å²) < 4.78 is 24.4. The van der Waals surface area contributed by atoms with E-state index in [2.05, 4.69) is 16.3 Å². The van der Waals surface area contributed by atoms with Gasteiger partial charge in [-0.1, -0.05) is 0 Å². The van der Waals surface area contributed by atoms with Crippen molar-refractivity contribution in [1.29, 1.82) is 0 Å². The minimum atomic E-state index is -3.21. The summed E-state index contributed by atoms with van der Waals surface area (Å²) in [5.74, 6) is 0.884. The molecule has 1 aromatic heterocycles. The summed E-state index contributed by atoms with van der Waals surface area (Å²) in [5, 5.41) is 14.3. The zero-order chi connectivity index (χ0) is 15.5. The topological polar surface area (TPSA) is 75.4 Å². The molecule has 1 aromatic rings. The standard InChI is InChI=1S/C13H23N3O3S2/c1-20-7-3-4-15-5-6-16-11(9-15)8-12(14-16)13(17)10-21(2,18)19/h8,13,17H,3-7,9-10H2,1-2H3/t13-/m1/s1. The lowest BCUT2D eigenvalue weighted by Gasteiger charge is -2.27. The van der Waals surface area contributed by atoms with Crippen molar-refractivity contribution in [1.82, 2.24) is 14.7 Å². The minimum absolute atomic E-state index is 0.277. The quantitative estimate of drug-likeness (QED) is 0.734.